The lowest BCUT2D eigenvalue weighted by Crippen LogP contribution is -2.41. The van der Waals surface area contributed by atoms with Crippen molar-refractivity contribution in [3.8, 4) is 6.07 Å². The van der Waals surface area contributed by atoms with E-state index in [1.54, 1.807) is 12.3 Å². The minimum Gasteiger partial charge on any atom is -0.336 e. The molecule has 0 N–H and O–H groups in total. The van der Waals surface area contributed by atoms with Crippen LogP contribution in [0, 0.1) is 11.3 Å². The highest BCUT2D eigenvalue weighted by atomic mass is 32.2. The summed E-state index contributed by atoms with van der Waals surface area (Å²) in [5.41, 5.74) is 0.436. The Morgan fingerprint density at radius 1 is 1.67 bits per heavy atom. The maximum absolute atomic E-state index is 8.76. The number of nitriles is 1. The predicted octanol–water partition coefficient (Wildman–Crippen LogP) is 1.29. The molecular weight excluding hydrogens is 208 g/mol. The average molecular weight is 220 g/mol. The first-order valence-corrected chi connectivity index (χ1v) is 6.04. The Bertz CT molecular complexity index is 387. The lowest BCUT2D eigenvalue weighted by molar-refractivity contribution is 0.677. The first-order valence-electron chi connectivity index (χ1n) is 4.89. The van der Waals surface area contributed by atoms with Gasteiger partial charge in [-0.05, 0) is 13.0 Å². The molecule has 1 atom stereocenters. The van der Waals surface area contributed by atoms with Crippen LogP contribution in [0.4, 0.5) is 5.95 Å². The maximum Gasteiger partial charge on any atom is 0.226 e. The molecule has 1 aliphatic rings. The van der Waals surface area contributed by atoms with Crippen molar-refractivity contribution >= 4 is 17.7 Å². The summed E-state index contributed by atoms with van der Waals surface area (Å²) in [6, 6.07) is 4.11. The van der Waals surface area contributed by atoms with Crippen molar-refractivity contribution in [1.82, 2.24) is 9.97 Å². The summed E-state index contributed by atoms with van der Waals surface area (Å²) >= 11 is 1.95. The molecule has 0 aromatic carbocycles. The zero-order chi connectivity index (χ0) is 10.7. The third kappa shape index (κ3) is 2.21. The van der Waals surface area contributed by atoms with Crippen LogP contribution in [-0.4, -0.2) is 34.1 Å². The van der Waals surface area contributed by atoms with Gasteiger partial charge in [-0.2, -0.15) is 17.0 Å². The van der Waals surface area contributed by atoms with Crippen LogP contribution < -0.4 is 4.90 Å². The van der Waals surface area contributed by atoms with Gasteiger partial charge >= 0.3 is 0 Å². The number of hydrogen-bond donors (Lipinski definition) is 0. The van der Waals surface area contributed by atoms with Gasteiger partial charge in [0, 0.05) is 30.3 Å². The van der Waals surface area contributed by atoms with E-state index in [0.717, 1.165) is 18.1 Å². The highest BCUT2D eigenvalue weighted by molar-refractivity contribution is 7.99. The molecule has 1 unspecified atom stereocenters. The van der Waals surface area contributed by atoms with Crippen molar-refractivity contribution in [1.29, 1.82) is 5.26 Å². The standard InChI is InChI=1S/C10H12N4S/c1-8-7-15-5-4-14(8)10-12-3-2-9(6-11)13-10/h2-3,8H,4-5,7H2,1H3. The van der Waals surface area contributed by atoms with E-state index in [9.17, 15) is 0 Å². The molecule has 0 saturated carbocycles. The van der Waals surface area contributed by atoms with E-state index < -0.39 is 0 Å². The SMILES string of the molecule is CC1CSCCN1c1nccc(C#N)n1. The summed E-state index contributed by atoms with van der Waals surface area (Å²) in [6.45, 7) is 3.12. The minimum absolute atomic E-state index is 0.436. The Labute approximate surface area is 93.3 Å². The van der Waals surface area contributed by atoms with E-state index >= 15 is 0 Å². The molecule has 1 saturated heterocycles. The molecule has 5 heteroatoms. The average Bonchev–Trinajstić information content (AvgIpc) is 2.30. The molecule has 1 aromatic heterocycles. The van der Waals surface area contributed by atoms with Gasteiger partial charge in [-0.15, -0.1) is 0 Å². The van der Waals surface area contributed by atoms with Gasteiger partial charge < -0.3 is 4.90 Å². The highest BCUT2D eigenvalue weighted by Crippen LogP contribution is 2.20. The van der Waals surface area contributed by atoms with E-state index in [0.29, 0.717) is 17.7 Å². The Balaban J connectivity index is 2.24. The predicted molar refractivity (Wildman–Crippen MR) is 60.9 cm³/mol. The van der Waals surface area contributed by atoms with Gasteiger partial charge in [0.05, 0.1) is 0 Å². The monoisotopic (exact) mass is 220 g/mol. The molecule has 0 amide bonds. The molecule has 2 rings (SSSR count). The van der Waals surface area contributed by atoms with E-state index in [1.165, 1.54) is 0 Å². The van der Waals surface area contributed by atoms with Crippen molar-refractivity contribution in [3.63, 3.8) is 0 Å². The second-order valence-corrected chi connectivity index (χ2v) is 4.62. The Morgan fingerprint density at radius 3 is 3.27 bits per heavy atom. The molecule has 1 aromatic rings. The summed E-state index contributed by atoms with van der Waals surface area (Å²) in [7, 11) is 0. The molecule has 15 heavy (non-hydrogen) atoms. The number of thioether (sulfide) groups is 1. The minimum atomic E-state index is 0.436. The third-order valence-corrected chi connectivity index (χ3v) is 3.57. The van der Waals surface area contributed by atoms with Crippen molar-refractivity contribution in [3.05, 3.63) is 18.0 Å². The molecular formula is C10H12N4S. The smallest absolute Gasteiger partial charge is 0.226 e. The quantitative estimate of drug-likeness (QED) is 0.714. The number of rotatable bonds is 1. The van der Waals surface area contributed by atoms with Crippen LogP contribution >= 0.6 is 11.8 Å². The summed E-state index contributed by atoms with van der Waals surface area (Å²) in [5, 5.41) is 8.76. The van der Waals surface area contributed by atoms with Gasteiger partial charge in [0.25, 0.3) is 0 Å². The number of anilines is 1. The number of nitrogens with zero attached hydrogens (tertiary/aromatic N) is 4. The fourth-order valence-electron chi connectivity index (χ4n) is 1.57. The molecule has 4 nitrogen and oxygen atoms in total. The zero-order valence-corrected chi connectivity index (χ0v) is 9.37. The van der Waals surface area contributed by atoms with Gasteiger partial charge in [0.2, 0.25) is 5.95 Å². The fourth-order valence-corrected chi connectivity index (χ4v) is 2.59. The molecule has 2 heterocycles. The molecule has 0 spiro atoms. The second-order valence-electron chi connectivity index (χ2n) is 3.47. The van der Waals surface area contributed by atoms with Crippen molar-refractivity contribution in [2.45, 2.75) is 13.0 Å². The van der Waals surface area contributed by atoms with Crippen LogP contribution in [0.5, 0.6) is 0 Å². The van der Waals surface area contributed by atoms with Crippen molar-refractivity contribution in [2.75, 3.05) is 23.0 Å². The maximum atomic E-state index is 8.76. The van der Waals surface area contributed by atoms with Gasteiger partial charge in [-0.25, -0.2) is 9.97 Å². The van der Waals surface area contributed by atoms with Crippen LogP contribution in [0.2, 0.25) is 0 Å². The Kier molecular flexibility index (Phi) is 3.07. The summed E-state index contributed by atoms with van der Waals surface area (Å²) in [5.74, 6) is 2.88. The first-order chi connectivity index (χ1) is 7.31. The van der Waals surface area contributed by atoms with Gasteiger partial charge in [-0.1, -0.05) is 0 Å². The van der Waals surface area contributed by atoms with Gasteiger partial charge in [0.15, 0.2) is 0 Å². The normalized spacial score (nSPS) is 21.1. The lowest BCUT2D eigenvalue weighted by Gasteiger charge is -2.32. The van der Waals surface area contributed by atoms with E-state index in [4.69, 9.17) is 5.26 Å². The Hall–Kier alpha value is -1.28. The molecule has 1 fully saturated rings. The van der Waals surface area contributed by atoms with Crippen LogP contribution in [0.25, 0.3) is 0 Å². The first kappa shape index (κ1) is 10.2. The Morgan fingerprint density at radius 2 is 2.53 bits per heavy atom. The second kappa shape index (κ2) is 4.49. The topological polar surface area (TPSA) is 52.8 Å². The number of hydrogen-bond acceptors (Lipinski definition) is 5. The molecule has 1 aliphatic heterocycles. The van der Waals surface area contributed by atoms with Gasteiger partial charge in [-0.3, -0.25) is 0 Å². The summed E-state index contributed by atoms with van der Waals surface area (Å²) < 4.78 is 0. The van der Waals surface area contributed by atoms with Crippen LogP contribution in [0.3, 0.4) is 0 Å². The molecule has 78 valence electrons. The van der Waals surface area contributed by atoms with Crippen molar-refractivity contribution < 1.29 is 0 Å². The zero-order valence-electron chi connectivity index (χ0n) is 8.55. The third-order valence-electron chi connectivity index (χ3n) is 2.38. The van der Waals surface area contributed by atoms with E-state index in [1.807, 2.05) is 17.8 Å². The fraction of sp³-hybridized carbons (Fsp3) is 0.500. The summed E-state index contributed by atoms with van der Waals surface area (Å²) in [4.78, 5) is 10.6. The van der Waals surface area contributed by atoms with Crippen molar-refractivity contribution in [2.24, 2.45) is 0 Å². The summed E-state index contributed by atoms with van der Waals surface area (Å²) in [6.07, 6.45) is 1.65. The molecule has 0 bridgehead atoms. The van der Waals surface area contributed by atoms with Crippen LogP contribution in [0.1, 0.15) is 12.6 Å². The highest BCUT2D eigenvalue weighted by Gasteiger charge is 2.20. The van der Waals surface area contributed by atoms with Crippen LogP contribution in [0.15, 0.2) is 12.3 Å². The van der Waals surface area contributed by atoms with E-state index in [-0.39, 0.29) is 0 Å². The van der Waals surface area contributed by atoms with E-state index in [2.05, 4.69) is 21.8 Å². The molecule has 0 aliphatic carbocycles. The number of aromatic nitrogens is 2. The van der Waals surface area contributed by atoms with Gasteiger partial charge in [0.1, 0.15) is 11.8 Å². The lowest BCUT2D eigenvalue weighted by atomic mass is 10.3. The molecule has 0 radical (unpaired) electrons. The largest absolute Gasteiger partial charge is 0.336 e. The van der Waals surface area contributed by atoms with Crippen LogP contribution in [-0.2, 0) is 0 Å².